The number of nitrogens with one attached hydrogen (secondary N) is 1. The fourth-order valence-corrected chi connectivity index (χ4v) is 2.78. The number of aliphatic hydroxyl groups excluding tert-OH is 1. The highest BCUT2D eigenvalue weighted by Crippen LogP contribution is 2.28. The third-order valence-electron chi connectivity index (χ3n) is 3.30. The Bertz CT molecular complexity index is 405. The lowest BCUT2D eigenvalue weighted by atomic mass is 9.81. The molecule has 1 fully saturated rings. The van der Waals surface area contributed by atoms with Crippen molar-refractivity contribution in [2.24, 2.45) is 5.41 Å². The lowest BCUT2D eigenvalue weighted by Gasteiger charge is -2.41. The number of aromatic nitrogens is 1. The normalized spacial score (nSPS) is 23.8. The van der Waals surface area contributed by atoms with Crippen LogP contribution in [-0.4, -0.2) is 46.6 Å². The molecule has 0 spiro atoms. The van der Waals surface area contributed by atoms with Gasteiger partial charge in [0.2, 0.25) is 5.91 Å². The van der Waals surface area contributed by atoms with Crippen LogP contribution in [0.4, 0.5) is 5.13 Å². The fourth-order valence-electron chi connectivity index (χ4n) is 2.24. The van der Waals surface area contributed by atoms with Gasteiger partial charge in [-0.1, -0.05) is 13.8 Å². The molecule has 1 aliphatic rings. The minimum absolute atomic E-state index is 0.0443. The summed E-state index contributed by atoms with van der Waals surface area (Å²) in [6, 6.07) is 0. The molecule has 1 saturated heterocycles. The van der Waals surface area contributed by atoms with Gasteiger partial charge < -0.3 is 10.4 Å². The zero-order chi connectivity index (χ0) is 13.2. The van der Waals surface area contributed by atoms with Crippen molar-refractivity contribution in [1.29, 1.82) is 0 Å². The van der Waals surface area contributed by atoms with Crippen LogP contribution in [0, 0.1) is 5.41 Å². The lowest BCUT2D eigenvalue weighted by Crippen LogP contribution is -2.50. The monoisotopic (exact) mass is 269 g/mol. The molecule has 2 N–H and O–H groups in total. The van der Waals surface area contributed by atoms with Gasteiger partial charge >= 0.3 is 0 Å². The zero-order valence-electron chi connectivity index (χ0n) is 10.7. The van der Waals surface area contributed by atoms with Gasteiger partial charge in [-0.2, -0.15) is 0 Å². The maximum atomic E-state index is 11.8. The van der Waals surface area contributed by atoms with Crippen LogP contribution in [-0.2, 0) is 4.79 Å². The Morgan fingerprint density at radius 2 is 2.50 bits per heavy atom. The minimum Gasteiger partial charge on any atom is -0.392 e. The molecule has 0 aliphatic carbocycles. The quantitative estimate of drug-likeness (QED) is 0.864. The summed E-state index contributed by atoms with van der Waals surface area (Å²) in [5, 5.41) is 15.1. The van der Waals surface area contributed by atoms with Crippen LogP contribution in [0.1, 0.15) is 20.3 Å². The van der Waals surface area contributed by atoms with Crippen molar-refractivity contribution in [3.63, 3.8) is 0 Å². The van der Waals surface area contributed by atoms with Crippen LogP contribution in [0.3, 0.4) is 0 Å². The maximum Gasteiger partial charge on any atom is 0.240 e. The number of rotatable bonds is 3. The summed E-state index contributed by atoms with van der Waals surface area (Å²) < 4.78 is 0. The van der Waals surface area contributed by atoms with Crippen LogP contribution >= 0.6 is 11.3 Å². The molecule has 100 valence electrons. The van der Waals surface area contributed by atoms with Gasteiger partial charge in [0, 0.05) is 30.1 Å². The van der Waals surface area contributed by atoms with Crippen molar-refractivity contribution >= 4 is 22.4 Å². The first kappa shape index (κ1) is 13.5. The number of nitrogens with zero attached hydrogens (tertiary/aromatic N) is 2. The van der Waals surface area contributed by atoms with E-state index in [2.05, 4.69) is 15.2 Å². The van der Waals surface area contributed by atoms with Gasteiger partial charge in [-0.05, 0) is 6.42 Å². The van der Waals surface area contributed by atoms with Crippen molar-refractivity contribution in [2.45, 2.75) is 26.4 Å². The van der Waals surface area contributed by atoms with Gasteiger partial charge in [-0.3, -0.25) is 9.69 Å². The predicted octanol–water partition coefficient (Wildman–Crippen LogP) is 1.17. The molecular weight excluding hydrogens is 250 g/mol. The molecule has 0 aromatic carbocycles. The fraction of sp³-hybridized carbons (Fsp3) is 0.667. The largest absolute Gasteiger partial charge is 0.392 e. The molecule has 1 aromatic rings. The van der Waals surface area contributed by atoms with E-state index in [1.54, 1.807) is 6.20 Å². The van der Waals surface area contributed by atoms with Crippen molar-refractivity contribution < 1.29 is 9.90 Å². The number of thiazole rings is 1. The summed E-state index contributed by atoms with van der Waals surface area (Å²) >= 11 is 1.41. The third kappa shape index (κ3) is 3.28. The summed E-state index contributed by atoms with van der Waals surface area (Å²) in [5.41, 5.74) is -0.153. The summed E-state index contributed by atoms with van der Waals surface area (Å²) in [5.74, 6) is -0.0443. The van der Waals surface area contributed by atoms with E-state index in [-0.39, 0.29) is 17.4 Å². The number of amides is 1. The smallest absolute Gasteiger partial charge is 0.240 e. The number of hydrogen-bond donors (Lipinski definition) is 2. The molecule has 1 atom stereocenters. The highest BCUT2D eigenvalue weighted by Gasteiger charge is 2.34. The Hall–Kier alpha value is -0.980. The highest BCUT2D eigenvalue weighted by molar-refractivity contribution is 7.13. The average Bonchev–Trinajstić information content (AvgIpc) is 2.75. The van der Waals surface area contributed by atoms with Gasteiger partial charge in [0.25, 0.3) is 0 Å². The predicted molar refractivity (Wildman–Crippen MR) is 71.6 cm³/mol. The second kappa shape index (κ2) is 5.34. The van der Waals surface area contributed by atoms with E-state index in [1.807, 2.05) is 19.2 Å². The Labute approximate surface area is 111 Å². The van der Waals surface area contributed by atoms with Crippen LogP contribution in [0.2, 0.25) is 0 Å². The molecule has 0 radical (unpaired) electrons. The SMILES string of the molecule is CC1(C)CN(CC(=O)Nc2nccs2)CCC1O. The maximum absolute atomic E-state index is 11.8. The first-order chi connectivity index (χ1) is 8.47. The van der Waals surface area contributed by atoms with Crippen molar-refractivity contribution in [3.05, 3.63) is 11.6 Å². The molecule has 2 heterocycles. The topological polar surface area (TPSA) is 65.5 Å². The Morgan fingerprint density at radius 1 is 1.72 bits per heavy atom. The molecule has 1 unspecified atom stereocenters. The van der Waals surface area contributed by atoms with Gasteiger partial charge in [0.15, 0.2) is 5.13 Å². The van der Waals surface area contributed by atoms with Crippen LogP contribution in [0.15, 0.2) is 11.6 Å². The second-order valence-electron chi connectivity index (χ2n) is 5.39. The van der Waals surface area contributed by atoms with E-state index in [1.165, 1.54) is 11.3 Å². The lowest BCUT2D eigenvalue weighted by molar-refractivity contribution is -0.119. The summed E-state index contributed by atoms with van der Waals surface area (Å²) in [4.78, 5) is 17.9. The molecule has 6 heteroatoms. The zero-order valence-corrected chi connectivity index (χ0v) is 11.5. The van der Waals surface area contributed by atoms with E-state index >= 15 is 0 Å². The Kier molecular flexibility index (Phi) is 3.99. The van der Waals surface area contributed by atoms with Crippen LogP contribution in [0.25, 0.3) is 0 Å². The van der Waals surface area contributed by atoms with Gasteiger partial charge in [-0.15, -0.1) is 11.3 Å². The summed E-state index contributed by atoms with van der Waals surface area (Å²) in [7, 11) is 0. The Balaban J connectivity index is 1.85. The second-order valence-corrected chi connectivity index (χ2v) is 6.28. The number of carbonyl (C=O) groups is 1. The molecule has 0 saturated carbocycles. The van der Waals surface area contributed by atoms with Crippen molar-refractivity contribution in [3.8, 4) is 0 Å². The van der Waals surface area contributed by atoms with E-state index in [4.69, 9.17) is 0 Å². The molecule has 1 aliphatic heterocycles. The van der Waals surface area contributed by atoms with Gasteiger partial charge in [-0.25, -0.2) is 4.98 Å². The number of piperidine rings is 1. The van der Waals surface area contributed by atoms with Crippen LogP contribution in [0.5, 0.6) is 0 Å². The molecule has 1 amide bonds. The molecule has 5 nitrogen and oxygen atoms in total. The minimum atomic E-state index is -0.282. The first-order valence-corrected chi connectivity index (χ1v) is 6.95. The van der Waals surface area contributed by atoms with Crippen molar-refractivity contribution in [2.75, 3.05) is 25.0 Å². The van der Waals surface area contributed by atoms with Gasteiger partial charge in [0.1, 0.15) is 0 Å². The summed E-state index contributed by atoms with van der Waals surface area (Å²) in [6.07, 6.45) is 2.11. The highest BCUT2D eigenvalue weighted by atomic mass is 32.1. The summed E-state index contributed by atoms with van der Waals surface area (Å²) in [6.45, 7) is 5.91. The third-order valence-corrected chi connectivity index (χ3v) is 3.99. The van der Waals surface area contributed by atoms with E-state index in [0.29, 0.717) is 11.7 Å². The van der Waals surface area contributed by atoms with Gasteiger partial charge in [0.05, 0.1) is 12.6 Å². The van der Waals surface area contributed by atoms with E-state index in [9.17, 15) is 9.90 Å². The number of hydrogen-bond acceptors (Lipinski definition) is 5. The number of aliphatic hydroxyl groups is 1. The molecule has 1 aromatic heterocycles. The van der Waals surface area contributed by atoms with Crippen molar-refractivity contribution in [1.82, 2.24) is 9.88 Å². The Morgan fingerprint density at radius 3 is 3.11 bits per heavy atom. The van der Waals surface area contributed by atoms with E-state index in [0.717, 1.165) is 19.5 Å². The molecular formula is C12H19N3O2S. The van der Waals surface area contributed by atoms with Crippen LogP contribution < -0.4 is 5.32 Å². The number of anilines is 1. The molecule has 0 bridgehead atoms. The number of carbonyl (C=O) groups excluding carboxylic acids is 1. The average molecular weight is 269 g/mol. The standard InChI is InChI=1S/C12H19N3O2S/c1-12(2)8-15(5-3-9(12)16)7-10(17)14-11-13-4-6-18-11/h4,6,9,16H,3,5,7-8H2,1-2H3,(H,13,14,17). The number of likely N-dealkylation sites (tertiary alicyclic amines) is 1. The first-order valence-electron chi connectivity index (χ1n) is 6.07. The molecule has 2 rings (SSSR count). The molecule has 18 heavy (non-hydrogen) atoms. The van der Waals surface area contributed by atoms with E-state index < -0.39 is 0 Å².